The predicted octanol–water partition coefficient (Wildman–Crippen LogP) is 4.30. The lowest BCUT2D eigenvalue weighted by atomic mass is 9.72. The van der Waals surface area contributed by atoms with Gasteiger partial charge in [-0.1, -0.05) is 47.0 Å². The van der Waals surface area contributed by atoms with E-state index in [9.17, 15) is 0 Å². The maximum atomic E-state index is 3.80. The van der Waals surface area contributed by atoms with Crippen LogP contribution in [0, 0.1) is 17.8 Å². The van der Waals surface area contributed by atoms with E-state index in [4.69, 9.17) is 0 Å². The minimum absolute atomic E-state index is 0.742. The summed E-state index contributed by atoms with van der Waals surface area (Å²) in [6.45, 7) is 13.3. The molecular weight excluding hydrogens is 256 g/mol. The molecule has 2 aliphatic rings. The predicted molar refractivity (Wildman–Crippen MR) is 92.6 cm³/mol. The van der Waals surface area contributed by atoms with E-state index >= 15 is 0 Å². The van der Waals surface area contributed by atoms with E-state index in [-0.39, 0.29) is 0 Å². The van der Waals surface area contributed by atoms with Gasteiger partial charge in [-0.15, -0.1) is 0 Å². The highest BCUT2D eigenvalue weighted by atomic mass is 15.2. The normalized spacial score (nSPS) is 35.3. The molecule has 4 atom stereocenters. The number of hydrogen-bond donors (Lipinski definition) is 1. The van der Waals surface area contributed by atoms with Crippen LogP contribution >= 0.6 is 0 Å². The zero-order valence-electron chi connectivity index (χ0n) is 14.9. The summed E-state index contributed by atoms with van der Waals surface area (Å²) in [5, 5.41) is 3.80. The van der Waals surface area contributed by atoms with Crippen LogP contribution in [0.1, 0.15) is 72.6 Å². The highest BCUT2D eigenvalue weighted by Crippen LogP contribution is 2.35. The van der Waals surface area contributed by atoms with Gasteiger partial charge in [0, 0.05) is 18.6 Å². The molecule has 2 saturated carbocycles. The Morgan fingerprint density at radius 2 is 1.71 bits per heavy atom. The molecule has 0 aromatic rings. The van der Waals surface area contributed by atoms with Gasteiger partial charge in [-0.2, -0.15) is 0 Å². The van der Waals surface area contributed by atoms with Gasteiger partial charge < -0.3 is 10.2 Å². The Labute approximate surface area is 133 Å². The van der Waals surface area contributed by atoms with Gasteiger partial charge in [-0.05, 0) is 56.5 Å². The van der Waals surface area contributed by atoms with Gasteiger partial charge >= 0.3 is 0 Å². The van der Waals surface area contributed by atoms with Crippen LogP contribution in [0.25, 0.3) is 0 Å². The van der Waals surface area contributed by atoms with Crippen LogP contribution in [-0.2, 0) is 0 Å². The first-order valence-electron chi connectivity index (χ1n) is 9.63. The molecule has 0 aliphatic heterocycles. The third-order valence-electron chi connectivity index (χ3n) is 6.09. The first-order valence-corrected chi connectivity index (χ1v) is 9.63. The Kier molecular flexibility index (Phi) is 7.01. The van der Waals surface area contributed by atoms with Crippen LogP contribution in [0.3, 0.4) is 0 Å². The van der Waals surface area contributed by atoms with Crippen molar-refractivity contribution in [3.8, 4) is 0 Å². The van der Waals surface area contributed by atoms with Crippen molar-refractivity contribution < 1.29 is 0 Å². The van der Waals surface area contributed by atoms with Gasteiger partial charge in [0.1, 0.15) is 0 Å². The van der Waals surface area contributed by atoms with E-state index in [1.165, 1.54) is 58.0 Å². The molecule has 1 N–H and O–H groups in total. The molecule has 21 heavy (non-hydrogen) atoms. The summed E-state index contributed by atoms with van der Waals surface area (Å²) in [6.07, 6.45) is 10.1. The molecule has 0 saturated heterocycles. The summed E-state index contributed by atoms with van der Waals surface area (Å²) in [6, 6.07) is 1.61. The van der Waals surface area contributed by atoms with Gasteiger partial charge in [-0.25, -0.2) is 0 Å². The van der Waals surface area contributed by atoms with E-state index in [0.29, 0.717) is 0 Å². The Balaban J connectivity index is 1.98. The van der Waals surface area contributed by atoms with Crippen molar-refractivity contribution in [2.75, 3.05) is 19.6 Å². The van der Waals surface area contributed by atoms with Crippen molar-refractivity contribution in [1.82, 2.24) is 10.2 Å². The molecule has 2 aliphatic carbocycles. The first kappa shape index (κ1) is 17.3. The van der Waals surface area contributed by atoms with Crippen LogP contribution in [0.2, 0.25) is 0 Å². The fraction of sp³-hybridized carbons (Fsp3) is 1.00. The fourth-order valence-corrected chi connectivity index (χ4v) is 4.97. The van der Waals surface area contributed by atoms with Crippen molar-refractivity contribution in [2.45, 2.75) is 84.7 Å². The summed E-state index contributed by atoms with van der Waals surface area (Å²) in [5.74, 6) is 2.61. The summed E-state index contributed by atoms with van der Waals surface area (Å²) < 4.78 is 0. The average molecular weight is 295 g/mol. The van der Waals surface area contributed by atoms with Crippen LogP contribution in [0.5, 0.6) is 0 Å². The van der Waals surface area contributed by atoms with Crippen LogP contribution in [0.15, 0.2) is 0 Å². The lowest BCUT2D eigenvalue weighted by Crippen LogP contribution is -2.51. The number of rotatable bonds is 6. The second-order valence-electron chi connectivity index (χ2n) is 7.76. The van der Waals surface area contributed by atoms with Crippen LogP contribution in [-0.4, -0.2) is 36.6 Å². The third kappa shape index (κ3) is 4.69. The molecular formula is C19H38N2. The minimum atomic E-state index is 0.742. The zero-order valence-corrected chi connectivity index (χ0v) is 14.9. The summed E-state index contributed by atoms with van der Waals surface area (Å²) in [5.41, 5.74) is 0. The molecule has 0 aromatic heterocycles. The second kappa shape index (κ2) is 8.53. The molecule has 124 valence electrons. The molecule has 0 bridgehead atoms. The largest absolute Gasteiger partial charge is 0.314 e. The van der Waals surface area contributed by atoms with E-state index in [0.717, 1.165) is 36.4 Å². The number of nitrogens with one attached hydrogen (secondary N) is 1. The second-order valence-corrected chi connectivity index (χ2v) is 7.76. The van der Waals surface area contributed by atoms with Gasteiger partial charge in [-0.3, -0.25) is 0 Å². The van der Waals surface area contributed by atoms with E-state index in [2.05, 4.69) is 37.9 Å². The molecule has 2 fully saturated rings. The van der Waals surface area contributed by atoms with Crippen molar-refractivity contribution in [2.24, 2.45) is 17.8 Å². The van der Waals surface area contributed by atoms with Crippen LogP contribution < -0.4 is 5.32 Å². The Morgan fingerprint density at radius 3 is 2.33 bits per heavy atom. The molecule has 4 unspecified atom stereocenters. The van der Waals surface area contributed by atoms with Gasteiger partial charge in [0.15, 0.2) is 0 Å². The lowest BCUT2D eigenvalue weighted by molar-refractivity contribution is 0.0717. The fourth-order valence-electron chi connectivity index (χ4n) is 4.97. The monoisotopic (exact) mass is 294 g/mol. The van der Waals surface area contributed by atoms with Crippen molar-refractivity contribution in [1.29, 1.82) is 0 Å². The topological polar surface area (TPSA) is 15.3 Å². The van der Waals surface area contributed by atoms with Crippen molar-refractivity contribution in [3.05, 3.63) is 0 Å². The Morgan fingerprint density at radius 1 is 1.00 bits per heavy atom. The smallest absolute Gasteiger partial charge is 0.0112 e. The minimum Gasteiger partial charge on any atom is -0.314 e. The molecule has 2 heteroatoms. The van der Waals surface area contributed by atoms with E-state index < -0.39 is 0 Å². The zero-order chi connectivity index (χ0) is 15.2. The number of nitrogens with zero attached hydrogens (tertiary/aromatic N) is 1. The Hall–Kier alpha value is -0.0800. The standard InChI is InChI=1S/C19H38N2/c1-5-20-19-13-15(3)12-16(4)18(19)14-21(6-2)17-10-8-7-9-11-17/h15-20H,5-14H2,1-4H3. The van der Waals surface area contributed by atoms with Gasteiger partial charge in [0.2, 0.25) is 0 Å². The van der Waals surface area contributed by atoms with E-state index in [1.807, 2.05) is 0 Å². The summed E-state index contributed by atoms with van der Waals surface area (Å²) in [4.78, 5) is 2.82. The lowest BCUT2D eigenvalue weighted by Gasteiger charge is -2.44. The molecule has 2 rings (SSSR count). The summed E-state index contributed by atoms with van der Waals surface area (Å²) in [7, 11) is 0. The highest BCUT2D eigenvalue weighted by molar-refractivity contribution is 4.90. The van der Waals surface area contributed by atoms with Crippen molar-refractivity contribution >= 4 is 0 Å². The van der Waals surface area contributed by atoms with Gasteiger partial charge in [0.25, 0.3) is 0 Å². The third-order valence-corrected chi connectivity index (χ3v) is 6.09. The van der Waals surface area contributed by atoms with Crippen LogP contribution in [0.4, 0.5) is 0 Å². The van der Waals surface area contributed by atoms with Gasteiger partial charge in [0.05, 0.1) is 0 Å². The maximum Gasteiger partial charge on any atom is 0.0112 e. The molecule has 2 nitrogen and oxygen atoms in total. The van der Waals surface area contributed by atoms with Crippen molar-refractivity contribution in [3.63, 3.8) is 0 Å². The molecule has 0 amide bonds. The SMILES string of the molecule is CCNC1CC(C)CC(C)C1CN(CC)C1CCCCC1. The molecule has 0 radical (unpaired) electrons. The average Bonchev–Trinajstić information content (AvgIpc) is 2.48. The van der Waals surface area contributed by atoms with E-state index in [1.54, 1.807) is 0 Å². The number of hydrogen-bond acceptors (Lipinski definition) is 2. The molecule has 0 aromatic carbocycles. The quantitative estimate of drug-likeness (QED) is 0.785. The Bertz CT molecular complexity index is 285. The summed E-state index contributed by atoms with van der Waals surface area (Å²) >= 11 is 0. The molecule has 0 spiro atoms. The first-order chi connectivity index (χ1) is 10.2. The highest BCUT2D eigenvalue weighted by Gasteiger charge is 2.35. The maximum absolute atomic E-state index is 3.80. The molecule has 0 heterocycles.